The lowest BCUT2D eigenvalue weighted by Gasteiger charge is -2.07. The zero-order valence-electron chi connectivity index (χ0n) is 8.23. The molecule has 0 aliphatic heterocycles. The molecule has 0 bridgehead atoms. The zero-order valence-corrected chi connectivity index (χ0v) is 8.23. The number of nitrogens with zero attached hydrogens (tertiary/aromatic N) is 1. The molecule has 0 heterocycles. The molecule has 0 saturated heterocycles. The van der Waals surface area contributed by atoms with E-state index in [1.54, 1.807) is 12.1 Å². The topological polar surface area (TPSA) is 63.4 Å². The molecule has 14 heavy (non-hydrogen) atoms. The Morgan fingerprint density at radius 1 is 1.50 bits per heavy atom. The van der Waals surface area contributed by atoms with Gasteiger partial charge in [-0.2, -0.15) is 0 Å². The second kappa shape index (κ2) is 4.19. The van der Waals surface area contributed by atoms with Gasteiger partial charge in [0.25, 0.3) is 5.69 Å². The van der Waals surface area contributed by atoms with Gasteiger partial charge in [0.2, 0.25) is 0 Å². The summed E-state index contributed by atoms with van der Waals surface area (Å²) in [6.45, 7) is 3.64. The third kappa shape index (κ3) is 2.09. The number of nitro benzene ring substituents is 1. The lowest BCUT2D eigenvalue weighted by Crippen LogP contribution is -1.98. The van der Waals surface area contributed by atoms with E-state index in [4.69, 9.17) is 5.11 Å². The van der Waals surface area contributed by atoms with Crippen LogP contribution in [0.3, 0.4) is 0 Å². The van der Waals surface area contributed by atoms with Crippen molar-refractivity contribution in [3.63, 3.8) is 0 Å². The minimum absolute atomic E-state index is 0.0894. The molecule has 0 aromatic heterocycles. The average Bonchev–Trinajstić information content (AvgIpc) is 2.16. The molecular formula is C10H13NO3. The predicted octanol–water partition coefficient (Wildman–Crippen LogP) is 2.21. The Labute approximate surface area is 82.3 Å². The summed E-state index contributed by atoms with van der Waals surface area (Å²) in [5.41, 5.74) is 1.36. The summed E-state index contributed by atoms with van der Waals surface area (Å²) >= 11 is 0. The van der Waals surface area contributed by atoms with Crippen molar-refractivity contribution in [2.24, 2.45) is 0 Å². The van der Waals surface area contributed by atoms with Gasteiger partial charge in [-0.25, -0.2) is 0 Å². The monoisotopic (exact) mass is 195 g/mol. The normalized spacial score (nSPS) is 10.6. The maximum Gasteiger partial charge on any atom is 0.273 e. The van der Waals surface area contributed by atoms with Gasteiger partial charge in [-0.1, -0.05) is 26.0 Å². The molecule has 4 heteroatoms. The Balaban J connectivity index is 3.24. The Morgan fingerprint density at radius 2 is 2.14 bits per heavy atom. The van der Waals surface area contributed by atoms with Gasteiger partial charge in [-0.15, -0.1) is 0 Å². The fourth-order valence-corrected chi connectivity index (χ4v) is 1.33. The number of aliphatic hydroxyl groups is 1. The van der Waals surface area contributed by atoms with E-state index >= 15 is 0 Å². The first-order valence-electron chi connectivity index (χ1n) is 4.44. The van der Waals surface area contributed by atoms with E-state index in [1.807, 2.05) is 13.8 Å². The number of benzene rings is 1. The smallest absolute Gasteiger partial charge is 0.273 e. The average molecular weight is 195 g/mol. The van der Waals surface area contributed by atoms with Gasteiger partial charge in [0, 0.05) is 11.6 Å². The molecule has 1 aromatic rings. The molecule has 0 aliphatic carbocycles. The molecule has 0 fully saturated rings. The molecule has 1 rings (SSSR count). The third-order valence-electron chi connectivity index (χ3n) is 2.10. The van der Waals surface area contributed by atoms with Crippen molar-refractivity contribution in [1.29, 1.82) is 0 Å². The fraction of sp³-hybridized carbons (Fsp3) is 0.400. The summed E-state index contributed by atoms with van der Waals surface area (Å²) in [5.74, 6) is 0.114. The van der Waals surface area contributed by atoms with Crippen LogP contribution in [-0.2, 0) is 6.61 Å². The molecule has 0 saturated carbocycles. The van der Waals surface area contributed by atoms with Gasteiger partial charge < -0.3 is 5.11 Å². The van der Waals surface area contributed by atoms with Crippen LogP contribution in [0.4, 0.5) is 5.69 Å². The van der Waals surface area contributed by atoms with Crippen molar-refractivity contribution < 1.29 is 10.0 Å². The SMILES string of the molecule is CC(C)c1ccc(CO)cc1[N+](=O)[O-]. The van der Waals surface area contributed by atoms with E-state index in [2.05, 4.69) is 0 Å². The Kier molecular flexibility index (Phi) is 3.19. The van der Waals surface area contributed by atoms with E-state index in [-0.39, 0.29) is 18.2 Å². The molecule has 0 aliphatic rings. The summed E-state index contributed by atoms with van der Waals surface area (Å²) in [6, 6.07) is 4.84. The summed E-state index contributed by atoms with van der Waals surface area (Å²) in [7, 11) is 0. The molecule has 4 nitrogen and oxygen atoms in total. The number of aliphatic hydroxyl groups excluding tert-OH is 1. The van der Waals surface area contributed by atoms with Gasteiger partial charge in [0.15, 0.2) is 0 Å². The van der Waals surface area contributed by atoms with E-state index in [0.29, 0.717) is 11.1 Å². The van der Waals surface area contributed by atoms with E-state index in [1.165, 1.54) is 6.07 Å². The van der Waals surface area contributed by atoms with E-state index in [9.17, 15) is 10.1 Å². The Bertz CT molecular complexity index is 347. The maximum atomic E-state index is 10.7. The first-order chi connectivity index (χ1) is 6.56. The van der Waals surface area contributed by atoms with Crippen LogP contribution in [0.1, 0.15) is 30.9 Å². The van der Waals surface area contributed by atoms with Crippen LogP contribution in [0.15, 0.2) is 18.2 Å². The highest BCUT2D eigenvalue weighted by Crippen LogP contribution is 2.27. The minimum atomic E-state index is -0.408. The Hall–Kier alpha value is -1.42. The first kappa shape index (κ1) is 10.7. The largest absolute Gasteiger partial charge is 0.392 e. The van der Waals surface area contributed by atoms with Crippen LogP contribution in [0.2, 0.25) is 0 Å². The summed E-state index contributed by atoms with van der Waals surface area (Å²) in [5, 5.41) is 19.6. The van der Waals surface area contributed by atoms with Crippen LogP contribution >= 0.6 is 0 Å². The van der Waals surface area contributed by atoms with Gasteiger partial charge in [0.1, 0.15) is 0 Å². The first-order valence-corrected chi connectivity index (χ1v) is 4.44. The maximum absolute atomic E-state index is 10.7. The predicted molar refractivity (Wildman–Crippen MR) is 53.1 cm³/mol. The summed E-state index contributed by atoms with van der Waals surface area (Å²) in [6.07, 6.45) is 0. The van der Waals surface area contributed by atoms with Crippen molar-refractivity contribution in [3.05, 3.63) is 39.4 Å². The molecule has 0 atom stereocenters. The van der Waals surface area contributed by atoms with Gasteiger partial charge >= 0.3 is 0 Å². The Morgan fingerprint density at radius 3 is 2.57 bits per heavy atom. The number of rotatable bonds is 3. The number of hydrogen-bond donors (Lipinski definition) is 1. The van der Waals surface area contributed by atoms with Crippen LogP contribution in [0.25, 0.3) is 0 Å². The van der Waals surface area contributed by atoms with Gasteiger partial charge in [-0.05, 0) is 11.5 Å². The molecule has 0 unspecified atom stereocenters. The van der Waals surface area contributed by atoms with E-state index in [0.717, 1.165) is 0 Å². The second-order valence-corrected chi connectivity index (χ2v) is 3.46. The van der Waals surface area contributed by atoms with Crippen LogP contribution in [0, 0.1) is 10.1 Å². The van der Waals surface area contributed by atoms with Gasteiger partial charge in [-0.3, -0.25) is 10.1 Å². The van der Waals surface area contributed by atoms with E-state index < -0.39 is 4.92 Å². The second-order valence-electron chi connectivity index (χ2n) is 3.46. The molecule has 0 spiro atoms. The van der Waals surface area contributed by atoms with Crippen LogP contribution in [-0.4, -0.2) is 10.0 Å². The van der Waals surface area contributed by atoms with Crippen LogP contribution < -0.4 is 0 Å². The highest BCUT2D eigenvalue weighted by Gasteiger charge is 2.16. The van der Waals surface area contributed by atoms with Crippen molar-refractivity contribution in [2.45, 2.75) is 26.4 Å². The lowest BCUT2D eigenvalue weighted by molar-refractivity contribution is -0.385. The quantitative estimate of drug-likeness (QED) is 0.594. The van der Waals surface area contributed by atoms with Crippen molar-refractivity contribution in [1.82, 2.24) is 0 Å². The minimum Gasteiger partial charge on any atom is -0.392 e. The highest BCUT2D eigenvalue weighted by atomic mass is 16.6. The highest BCUT2D eigenvalue weighted by molar-refractivity contribution is 5.44. The summed E-state index contributed by atoms with van der Waals surface area (Å²) in [4.78, 5) is 10.3. The molecule has 1 N–H and O–H groups in total. The third-order valence-corrected chi connectivity index (χ3v) is 2.10. The zero-order chi connectivity index (χ0) is 10.7. The molecule has 76 valence electrons. The fourth-order valence-electron chi connectivity index (χ4n) is 1.33. The molecule has 0 radical (unpaired) electrons. The standard InChI is InChI=1S/C10H13NO3/c1-7(2)9-4-3-8(6-12)5-10(9)11(13)14/h3-5,7,12H,6H2,1-2H3. The van der Waals surface area contributed by atoms with Crippen molar-refractivity contribution in [2.75, 3.05) is 0 Å². The molecule has 0 amide bonds. The van der Waals surface area contributed by atoms with Crippen molar-refractivity contribution >= 4 is 5.69 Å². The van der Waals surface area contributed by atoms with Crippen LogP contribution in [0.5, 0.6) is 0 Å². The summed E-state index contributed by atoms with van der Waals surface area (Å²) < 4.78 is 0. The van der Waals surface area contributed by atoms with Gasteiger partial charge in [0.05, 0.1) is 11.5 Å². The number of nitro groups is 1. The molecular weight excluding hydrogens is 182 g/mol. The van der Waals surface area contributed by atoms with Crippen molar-refractivity contribution in [3.8, 4) is 0 Å². The molecule has 1 aromatic carbocycles. The lowest BCUT2D eigenvalue weighted by atomic mass is 9.99. The number of hydrogen-bond acceptors (Lipinski definition) is 3.